The van der Waals surface area contributed by atoms with Crippen molar-refractivity contribution >= 4 is 29.7 Å². The van der Waals surface area contributed by atoms with Gasteiger partial charge in [0.15, 0.2) is 0 Å². The van der Waals surface area contributed by atoms with Gasteiger partial charge in [-0.25, -0.2) is 4.79 Å². The second-order valence-electron chi connectivity index (χ2n) is 11.1. The predicted octanol–water partition coefficient (Wildman–Crippen LogP) is 1.74. The number of benzene rings is 2. The quantitative estimate of drug-likeness (QED) is 0.208. The molecule has 12 nitrogen and oxygen atoms in total. The molecule has 0 aliphatic carbocycles. The Morgan fingerprint density at radius 1 is 0.791 bits per heavy atom. The number of alkyl carbamates (subject to hydrolysis) is 1. The van der Waals surface area contributed by atoms with Crippen LogP contribution >= 0.6 is 0 Å². The van der Waals surface area contributed by atoms with Crippen molar-refractivity contribution in [3.63, 3.8) is 0 Å². The summed E-state index contributed by atoms with van der Waals surface area (Å²) in [6, 6.07) is 12.9. The van der Waals surface area contributed by atoms with Crippen molar-refractivity contribution in [1.29, 1.82) is 0 Å². The van der Waals surface area contributed by atoms with Gasteiger partial charge in [0.05, 0.1) is 13.2 Å². The molecule has 0 aliphatic rings. The smallest absolute Gasteiger partial charge is 0.408 e. The maximum absolute atomic E-state index is 13.3. The van der Waals surface area contributed by atoms with E-state index in [1.807, 2.05) is 13.0 Å². The molecule has 0 spiro atoms. The fraction of sp³-hybridized carbons (Fsp3) is 0.452. The summed E-state index contributed by atoms with van der Waals surface area (Å²) in [4.78, 5) is 63.0. The number of carbonyl (C=O) groups excluding carboxylic acids is 5. The summed E-state index contributed by atoms with van der Waals surface area (Å²) in [6.45, 7) is 8.75. The van der Waals surface area contributed by atoms with E-state index in [-0.39, 0.29) is 12.8 Å². The van der Waals surface area contributed by atoms with Gasteiger partial charge in [-0.2, -0.15) is 0 Å². The van der Waals surface area contributed by atoms with E-state index in [2.05, 4.69) is 21.3 Å². The molecule has 2 rings (SSSR count). The van der Waals surface area contributed by atoms with Crippen molar-refractivity contribution in [1.82, 2.24) is 21.3 Å². The second kappa shape index (κ2) is 16.7. The van der Waals surface area contributed by atoms with Crippen molar-refractivity contribution in [3.05, 3.63) is 65.7 Å². The summed E-state index contributed by atoms with van der Waals surface area (Å²) in [5.41, 5.74) is 5.86. The minimum Gasteiger partial charge on any atom is -0.494 e. The molecule has 2 aromatic rings. The zero-order valence-corrected chi connectivity index (χ0v) is 25.4. The van der Waals surface area contributed by atoms with Crippen LogP contribution in [0.1, 0.15) is 52.2 Å². The average Bonchev–Trinajstić information content (AvgIpc) is 2.94. The fourth-order valence-corrected chi connectivity index (χ4v) is 3.87. The molecule has 3 atom stereocenters. The van der Waals surface area contributed by atoms with Gasteiger partial charge in [0.2, 0.25) is 23.6 Å². The Labute approximate surface area is 252 Å². The van der Waals surface area contributed by atoms with Gasteiger partial charge in [-0.1, -0.05) is 49.4 Å². The predicted molar refractivity (Wildman–Crippen MR) is 161 cm³/mol. The first-order chi connectivity index (χ1) is 20.3. The van der Waals surface area contributed by atoms with Crippen LogP contribution in [0.2, 0.25) is 0 Å². The molecular weight excluding hydrogens is 554 g/mol. The highest BCUT2D eigenvalue weighted by Gasteiger charge is 2.29. The molecule has 5 amide bonds. The number of rotatable bonds is 15. The highest BCUT2D eigenvalue weighted by molar-refractivity contribution is 5.94. The van der Waals surface area contributed by atoms with Gasteiger partial charge in [-0.3, -0.25) is 19.2 Å². The average molecular weight is 598 g/mol. The van der Waals surface area contributed by atoms with Crippen molar-refractivity contribution in [2.75, 3.05) is 13.2 Å². The summed E-state index contributed by atoms with van der Waals surface area (Å²) < 4.78 is 10.9. The third kappa shape index (κ3) is 13.3. The molecule has 0 fully saturated rings. The lowest BCUT2D eigenvalue weighted by atomic mass is 10.0. The third-order valence-corrected chi connectivity index (χ3v) is 5.95. The molecule has 0 aliphatic heterocycles. The van der Waals surface area contributed by atoms with Crippen LogP contribution in [-0.2, 0) is 36.8 Å². The van der Waals surface area contributed by atoms with E-state index in [9.17, 15) is 24.0 Å². The fourth-order valence-electron chi connectivity index (χ4n) is 3.87. The van der Waals surface area contributed by atoms with Crippen LogP contribution in [0.25, 0.3) is 0 Å². The molecule has 12 heteroatoms. The second-order valence-corrected chi connectivity index (χ2v) is 11.1. The first-order valence-corrected chi connectivity index (χ1v) is 14.2. The Hall–Kier alpha value is -4.61. The highest BCUT2D eigenvalue weighted by Crippen LogP contribution is 2.15. The van der Waals surface area contributed by atoms with Crippen molar-refractivity contribution < 1.29 is 33.4 Å². The maximum atomic E-state index is 13.3. The lowest BCUT2D eigenvalue weighted by Gasteiger charge is -2.25. The maximum Gasteiger partial charge on any atom is 0.408 e. The number of ether oxygens (including phenoxy) is 2. The first-order valence-electron chi connectivity index (χ1n) is 14.2. The zero-order chi connectivity index (χ0) is 32.0. The monoisotopic (exact) mass is 597 g/mol. The largest absolute Gasteiger partial charge is 0.494 e. The van der Waals surface area contributed by atoms with Gasteiger partial charge in [0.25, 0.3) is 0 Å². The number of carbonyl (C=O) groups is 5. The molecule has 6 N–H and O–H groups in total. The Kier molecular flexibility index (Phi) is 13.5. The molecule has 3 unspecified atom stereocenters. The number of nitrogens with two attached hydrogens (primary N) is 1. The van der Waals surface area contributed by atoms with Gasteiger partial charge < -0.3 is 36.5 Å². The van der Waals surface area contributed by atoms with Gasteiger partial charge in [-0.05, 0) is 57.4 Å². The molecule has 234 valence electrons. The normalized spacial score (nSPS) is 13.0. The standard InChI is InChI=1S/C31H43N5O7/c1-6-16-42-23-14-12-22(13-15-23)18-25(36-30(41)43-31(3,4)5)29(40)34-20(2)27(38)35-24(28(39)33-19-26(32)37)17-21-10-8-7-9-11-21/h7-15,20,24-25H,6,16-19H2,1-5H3,(H2,32,37)(H,33,39)(H,34,40)(H,35,38)(H,36,41). The van der Waals surface area contributed by atoms with Crippen LogP contribution < -0.4 is 31.7 Å². The Balaban J connectivity index is 2.15. The van der Waals surface area contributed by atoms with E-state index in [0.717, 1.165) is 17.5 Å². The molecule has 0 radical (unpaired) electrons. The van der Waals surface area contributed by atoms with E-state index in [1.54, 1.807) is 69.3 Å². The summed E-state index contributed by atoms with van der Waals surface area (Å²) in [5, 5.41) is 10.2. The van der Waals surface area contributed by atoms with Gasteiger partial charge in [0.1, 0.15) is 29.5 Å². The van der Waals surface area contributed by atoms with Crippen LogP contribution in [0.3, 0.4) is 0 Å². The lowest BCUT2D eigenvalue weighted by molar-refractivity contribution is -0.132. The van der Waals surface area contributed by atoms with Crippen LogP contribution in [0.15, 0.2) is 54.6 Å². The number of hydrogen-bond donors (Lipinski definition) is 5. The minimum atomic E-state index is -1.08. The summed E-state index contributed by atoms with van der Waals surface area (Å²) in [5.74, 6) is -1.92. The zero-order valence-electron chi connectivity index (χ0n) is 25.4. The summed E-state index contributed by atoms with van der Waals surface area (Å²) in [7, 11) is 0. The molecule has 0 aromatic heterocycles. The van der Waals surface area contributed by atoms with Crippen LogP contribution in [0.4, 0.5) is 4.79 Å². The Morgan fingerprint density at radius 3 is 1.93 bits per heavy atom. The van der Waals surface area contributed by atoms with Gasteiger partial charge in [0, 0.05) is 12.8 Å². The molecular formula is C31H43N5O7. The lowest BCUT2D eigenvalue weighted by Crippen LogP contribution is -2.57. The van der Waals surface area contributed by atoms with Crippen molar-refractivity contribution in [3.8, 4) is 5.75 Å². The van der Waals surface area contributed by atoms with Crippen LogP contribution in [0, 0.1) is 0 Å². The minimum absolute atomic E-state index is 0.111. The van der Waals surface area contributed by atoms with Gasteiger partial charge >= 0.3 is 6.09 Å². The molecule has 0 bridgehead atoms. The van der Waals surface area contributed by atoms with Crippen LogP contribution in [0.5, 0.6) is 5.75 Å². The molecule has 2 aromatic carbocycles. The van der Waals surface area contributed by atoms with E-state index < -0.39 is 60.0 Å². The highest BCUT2D eigenvalue weighted by atomic mass is 16.6. The third-order valence-electron chi connectivity index (χ3n) is 5.95. The summed E-state index contributed by atoms with van der Waals surface area (Å²) >= 11 is 0. The van der Waals surface area contributed by atoms with E-state index in [1.165, 1.54) is 6.92 Å². The van der Waals surface area contributed by atoms with E-state index in [4.69, 9.17) is 15.2 Å². The molecule has 0 saturated heterocycles. The Morgan fingerprint density at radius 2 is 1.37 bits per heavy atom. The van der Waals surface area contributed by atoms with Crippen molar-refractivity contribution in [2.24, 2.45) is 5.73 Å². The Bertz CT molecular complexity index is 1230. The molecule has 0 saturated carbocycles. The number of nitrogens with one attached hydrogen (secondary N) is 4. The SMILES string of the molecule is CCCOc1ccc(CC(NC(=O)OC(C)(C)C)C(=O)NC(C)C(=O)NC(Cc2ccccc2)C(=O)NCC(N)=O)cc1. The van der Waals surface area contributed by atoms with Crippen LogP contribution in [-0.4, -0.2) is 66.6 Å². The first kappa shape index (κ1) is 34.6. The topological polar surface area (TPSA) is 178 Å². The van der Waals surface area contributed by atoms with E-state index in [0.29, 0.717) is 12.4 Å². The molecule has 0 heterocycles. The van der Waals surface area contributed by atoms with E-state index >= 15 is 0 Å². The molecule has 43 heavy (non-hydrogen) atoms. The number of hydrogen-bond acceptors (Lipinski definition) is 7. The summed E-state index contributed by atoms with van der Waals surface area (Å²) in [6.07, 6.45) is 0.320. The van der Waals surface area contributed by atoms with Gasteiger partial charge in [-0.15, -0.1) is 0 Å². The number of amides is 5. The van der Waals surface area contributed by atoms with Crippen molar-refractivity contribution in [2.45, 2.75) is 77.6 Å². The number of primary amides is 1.